The van der Waals surface area contributed by atoms with Gasteiger partial charge in [0.1, 0.15) is 0 Å². The quantitative estimate of drug-likeness (QED) is 0.879. The number of hydrogen-bond acceptors (Lipinski definition) is 3. The van der Waals surface area contributed by atoms with Crippen LogP contribution in [0.5, 0.6) is 0 Å². The summed E-state index contributed by atoms with van der Waals surface area (Å²) in [6, 6.07) is 4.21. The van der Waals surface area contributed by atoms with Crippen molar-refractivity contribution in [3.05, 3.63) is 22.4 Å². The SMILES string of the molecule is O=C(NCc1cccs1)N1CCCCC1CCO. The maximum Gasteiger partial charge on any atom is 0.317 e. The summed E-state index contributed by atoms with van der Waals surface area (Å²) in [5, 5.41) is 14.0. The minimum atomic E-state index is 0.00144. The Morgan fingerprint density at radius 1 is 1.56 bits per heavy atom. The number of piperidine rings is 1. The molecule has 4 nitrogen and oxygen atoms in total. The van der Waals surface area contributed by atoms with Crippen molar-refractivity contribution in [2.75, 3.05) is 13.2 Å². The summed E-state index contributed by atoms with van der Waals surface area (Å²) in [4.78, 5) is 15.2. The summed E-state index contributed by atoms with van der Waals surface area (Å²) >= 11 is 1.65. The Morgan fingerprint density at radius 2 is 2.44 bits per heavy atom. The van der Waals surface area contributed by atoms with E-state index in [4.69, 9.17) is 5.11 Å². The van der Waals surface area contributed by atoms with Gasteiger partial charge in [-0.25, -0.2) is 4.79 Å². The summed E-state index contributed by atoms with van der Waals surface area (Å²) in [5.74, 6) is 0. The maximum absolute atomic E-state index is 12.1. The Kier molecular flexibility index (Phi) is 5.01. The lowest BCUT2D eigenvalue weighted by Gasteiger charge is -2.35. The van der Waals surface area contributed by atoms with Crippen LogP contribution in [-0.2, 0) is 6.54 Å². The van der Waals surface area contributed by atoms with E-state index in [2.05, 4.69) is 5.32 Å². The van der Waals surface area contributed by atoms with E-state index < -0.39 is 0 Å². The van der Waals surface area contributed by atoms with Gasteiger partial charge in [0.05, 0.1) is 6.54 Å². The number of carbonyl (C=O) groups excluding carboxylic acids is 1. The largest absolute Gasteiger partial charge is 0.396 e. The molecule has 0 aromatic carbocycles. The Labute approximate surface area is 112 Å². The molecule has 18 heavy (non-hydrogen) atoms. The normalized spacial score (nSPS) is 19.8. The first-order valence-electron chi connectivity index (χ1n) is 6.49. The van der Waals surface area contributed by atoms with Gasteiger partial charge >= 0.3 is 6.03 Å². The van der Waals surface area contributed by atoms with E-state index in [1.165, 1.54) is 4.88 Å². The number of likely N-dealkylation sites (tertiary alicyclic amines) is 1. The van der Waals surface area contributed by atoms with Crippen molar-refractivity contribution in [1.29, 1.82) is 0 Å². The first kappa shape index (κ1) is 13.4. The predicted octanol–water partition coefficient (Wildman–Crippen LogP) is 2.19. The van der Waals surface area contributed by atoms with Crippen molar-refractivity contribution < 1.29 is 9.90 Å². The zero-order valence-corrected chi connectivity index (χ0v) is 11.3. The lowest BCUT2D eigenvalue weighted by Crippen LogP contribution is -2.48. The highest BCUT2D eigenvalue weighted by Gasteiger charge is 2.25. The molecule has 2 N–H and O–H groups in total. The second-order valence-corrected chi connectivity index (χ2v) is 5.63. The molecule has 2 amide bonds. The Hall–Kier alpha value is -1.07. The number of carbonyl (C=O) groups is 1. The molecule has 1 saturated heterocycles. The molecule has 1 aliphatic rings. The molecule has 1 fully saturated rings. The average molecular weight is 268 g/mol. The van der Waals surface area contributed by atoms with Crippen molar-refractivity contribution in [1.82, 2.24) is 10.2 Å². The number of nitrogens with zero attached hydrogens (tertiary/aromatic N) is 1. The summed E-state index contributed by atoms with van der Waals surface area (Å²) in [5.41, 5.74) is 0. The Bertz CT molecular complexity index is 365. The smallest absolute Gasteiger partial charge is 0.317 e. The number of aliphatic hydroxyl groups is 1. The van der Waals surface area contributed by atoms with Crippen molar-refractivity contribution in [3.8, 4) is 0 Å². The lowest BCUT2D eigenvalue weighted by atomic mass is 10.0. The van der Waals surface area contributed by atoms with E-state index >= 15 is 0 Å². The first-order valence-corrected chi connectivity index (χ1v) is 7.37. The van der Waals surface area contributed by atoms with Crippen molar-refractivity contribution in [3.63, 3.8) is 0 Å². The van der Waals surface area contributed by atoms with E-state index in [1.54, 1.807) is 11.3 Å². The summed E-state index contributed by atoms with van der Waals surface area (Å²) in [6.45, 7) is 1.55. The van der Waals surface area contributed by atoms with Crippen molar-refractivity contribution in [2.24, 2.45) is 0 Å². The highest BCUT2D eigenvalue weighted by Crippen LogP contribution is 2.19. The van der Waals surface area contributed by atoms with Crippen LogP contribution in [0.4, 0.5) is 4.79 Å². The van der Waals surface area contributed by atoms with E-state index in [1.807, 2.05) is 22.4 Å². The van der Waals surface area contributed by atoms with Crippen LogP contribution in [0.25, 0.3) is 0 Å². The zero-order valence-electron chi connectivity index (χ0n) is 10.5. The maximum atomic E-state index is 12.1. The molecule has 1 aromatic rings. The van der Waals surface area contributed by atoms with Gasteiger partial charge in [0, 0.05) is 24.1 Å². The molecular weight excluding hydrogens is 248 g/mol. The molecule has 2 heterocycles. The fourth-order valence-corrected chi connectivity index (χ4v) is 3.04. The molecule has 0 aliphatic carbocycles. The molecular formula is C13H20N2O2S. The summed E-state index contributed by atoms with van der Waals surface area (Å²) in [6.07, 6.45) is 3.91. The molecule has 0 radical (unpaired) electrons. The van der Waals surface area contributed by atoms with Gasteiger partial charge in [0.25, 0.3) is 0 Å². The van der Waals surface area contributed by atoms with Gasteiger partial charge in [-0.3, -0.25) is 0 Å². The van der Waals surface area contributed by atoms with Gasteiger partial charge in [0.15, 0.2) is 0 Å². The van der Waals surface area contributed by atoms with Gasteiger partial charge in [0.2, 0.25) is 0 Å². The van der Waals surface area contributed by atoms with E-state index in [0.717, 1.165) is 25.8 Å². The second kappa shape index (κ2) is 6.75. The standard InChI is InChI=1S/C13H20N2O2S/c16-8-6-11-4-1-2-7-15(11)13(17)14-10-12-5-3-9-18-12/h3,5,9,11,16H,1-2,4,6-8,10H2,(H,14,17). The van der Waals surface area contributed by atoms with Crippen molar-refractivity contribution in [2.45, 2.75) is 38.3 Å². The van der Waals surface area contributed by atoms with Crippen LogP contribution in [0.15, 0.2) is 17.5 Å². The summed E-state index contributed by atoms with van der Waals surface area (Å²) in [7, 11) is 0. The van der Waals surface area contributed by atoms with Crippen LogP contribution >= 0.6 is 11.3 Å². The molecule has 1 aliphatic heterocycles. The van der Waals surface area contributed by atoms with Crippen LogP contribution in [0, 0.1) is 0 Å². The van der Waals surface area contributed by atoms with Crippen LogP contribution in [0.1, 0.15) is 30.6 Å². The number of urea groups is 1. The predicted molar refractivity (Wildman–Crippen MR) is 72.6 cm³/mol. The van der Waals surface area contributed by atoms with E-state index in [9.17, 15) is 4.79 Å². The molecule has 0 bridgehead atoms. The first-order chi connectivity index (χ1) is 8.81. The molecule has 5 heteroatoms. The molecule has 2 rings (SSSR count). The topological polar surface area (TPSA) is 52.6 Å². The molecule has 100 valence electrons. The molecule has 0 spiro atoms. The van der Waals surface area contributed by atoms with E-state index in [-0.39, 0.29) is 18.7 Å². The Balaban J connectivity index is 1.85. The van der Waals surface area contributed by atoms with Gasteiger partial charge in [-0.05, 0) is 37.1 Å². The number of hydrogen-bond donors (Lipinski definition) is 2. The highest BCUT2D eigenvalue weighted by atomic mass is 32.1. The lowest BCUT2D eigenvalue weighted by molar-refractivity contribution is 0.131. The Morgan fingerprint density at radius 3 is 3.17 bits per heavy atom. The number of amides is 2. The average Bonchev–Trinajstić information content (AvgIpc) is 2.90. The minimum absolute atomic E-state index is 0.00144. The number of thiophene rings is 1. The van der Waals surface area contributed by atoms with Crippen LogP contribution < -0.4 is 5.32 Å². The van der Waals surface area contributed by atoms with Gasteiger partial charge in [-0.1, -0.05) is 6.07 Å². The fraction of sp³-hybridized carbons (Fsp3) is 0.615. The van der Waals surface area contributed by atoms with Gasteiger partial charge < -0.3 is 15.3 Å². The number of aliphatic hydroxyl groups excluding tert-OH is 1. The third-order valence-corrected chi connectivity index (χ3v) is 4.22. The zero-order chi connectivity index (χ0) is 12.8. The third-order valence-electron chi connectivity index (χ3n) is 3.34. The second-order valence-electron chi connectivity index (χ2n) is 4.59. The van der Waals surface area contributed by atoms with Gasteiger partial charge in [-0.2, -0.15) is 0 Å². The molecule has 1 atom stereocenters. The summed E-state index contributed by atoms with van der Waals surface area (Å²) < 4.78 is 0. The van der Waals surface area contributed by atoms with E-state index in [0.29, 0.717) is 13.0 Å². The number of rotatable bonds is 4. The van der Waals surface area contributed by atoms with Crippen molar-refractivity contribution >= 4 is 17.4 Å². The minimum Gasteiger partial charge on any atom is -0.396 e. The monoisotopic (exact) mass is 268 g/mol. The molecule has 0 saturated carbocycles. The third kappa shape index (κ3) is 3.46. The van der Waals surface area contributed by atoms with Crippen LogP contribution in [0.3, 0.4) is 0 Å². The highest BCUT2D eigenvalue weighted by molar-refractivity contribution is 7.09. The molecule has 1 unspecified atom stereocenters. The van der Waals surface area contributed by atoms with Crippen LogP contribution in [0.2, 0.25) is 0 Å². The fourth-order valence-electron chi connectivity index (χ4n) is 2.39. The van der Waals surface area contributed by atoms with Gasteiger partial charge in [-0.15, -0.1) is 11.3 Å². The number of nitrogens with one attached hydrogen (secondary N) is 1. The van der Waals surface area contributed by atoms with Crippen LogP contribution in [-0.4, -0.2) is 35.2 Å². The molecule has 1 aromatic heterocycles.